The number of hydrogen-bond acceptors (Lipinski definition) is 3. The fourth-order valence-electron chi connectivity index (χ4n) is 1.49. The number of thiophene rings is 1. The number of carboxylic acid groups (broad SMARTS) is 1. The van der Waals surface area contributed by atoms with Crippen molar-refractivity contribution in [3.8, 4) is 11.1 Å². The van der Waals surface area contributed by atoms with Gasteiger partial charge in [0.15, 0.2) is 5.15 Å². The topological polar surface area (TPSA) is 66.0 Å². The molecule has 0 saturated carbocycles. The number of nitrogens with one attached hydrogen (secondary N) is 1. The Morgan fingerprint density at radius 3 is 2.88 bits per heavy atom. The monoisotopic (exact) mass is 256 g/mol. The second-order valence-electron chi connectivity index (χ2n) is 3.20. The number of nitrogens with zero attached hydrogens (tertiary/aromatic N) is 1. The lowest BCUT2D eigenvalue weighted by molar-refractivity contribution is 0.0702. The van der Waals surface area contributed by atoms with E-state index in [1.54, 1.807) is 12.3 Å². The van der Waals surface area contributed by atoms with Crippen LogP contribution in [0.25, 0.3) is 11.1 Å². The highest BCUT2D eigenvalue weighted by atomic mass is 35.5. The van der Waals surface area contributed by atoms with E-state index in [1.807, 2.05) is 6.92 Å². The number of rotatable bonds is 3. The molecule has 0 bridgehead atoms. The zero-order chi connectivity index (χ0) is 11.7. The molecule has 16 heavy (non-hydrogen) atoms. The van der Waals surface area contributed by atoms with Crippen LogP contribution < -0.4 is 0 Å². The van der Waals surface area contributed by atoms with E-state index in [1.165, 1.54) is 11.3 Å². The molecular weight excluding hydrogens is 248 g/mol. The van der Waals surface area contributed by atoms with E-state index in [4.69, 9.17) is 16.7 Å². The molecule has 6 heteroatoms. The second-order valence-corrected chi connectivity index (χ2v) is 4.69. The van der Waals surface area contributed by atoms with Gasteiger partial charge in [0.1, 0.15) is 4.88 Å². The quantitative estimate of drug-likeness (QED) is 0.887. The largest absolute Gasteiger partial charge is 0.477 e. The van der Waals surface area contributed by atoms with Gasteiger partial charge >= 0.3 is 5.97 Å². The molecule has 2 aromatic heterocycles. The van der Waals surface area contributed by atoms with E-state index in [2.05, 4.69) is 10.2 Å². The second kappa shape index (κ2) is 4.27. The maximum absolute atomic E-state index is 10.9. The third-order valence-corrected chi connectivity index (χ3v) is 3.78. The van der Waals surface area contributed by atoms with Gasteiger partial charge in [0.05, 0.1) is 0 Å². The van der Waals surface area contributed by atoms with Gasteiger partial charge in [0.2, 0.25) is 0 Å². The van der Waals surface area contributed by atoms with Crippen molar-refractivity contribution in [2.75, 3.05) is 0 Å². The van der Waals surface area contributed by atoms with Crippen LogP contribution in [0.4, 0.5) is 0 Å². The molecule has 0 atom stereocenters. The van der Waals surface area contributed by atoms with E-state index in [0.717, 1.165) is 22.4 Å². The Balaban J connectivity index is 2.56. The van der Waals surface area contributed by atoms with Gasteiger partial charge in [-0.1, -0.05) is 18.5 Å². The first-order valence-electron chi connectivity index (χ1n) is 4.69. The number of H-pyrrole nitrogens is 1. The minimum Gasteiger partial charge on any atom is -0.477 e. The molecule has 2 aromatic rings. The Labute approximate surface area is 101 Å². The van der Waals surface area contributed by atoms with Crippen LogP contribution in [0.3, 0.4) is 0 Å². The first-order chi connectivity index (χ1) is 7.63. The summed E-state index contributed by atoms with van der Waals surface area (Å²) in [5.74, 6) is -0.912. The molecule has 0 radical (unpaired) electrons. The Bertz CT molecular complexity index is 533. The molecule has 0 aliphatic carbocycles. The summed E-state index contributed by atoms with van der Waals surface area (Å²) in [5.41, 5.74) is 1.60. The molecule has 2 heterocycles. The van der Waals surface area contributed by atoms with Crippen molar-refractivity contribution in [2.45, 2.75) is 13.3 Å². The van der Waals surface area contributed by atoms with Gasteiger partial charge in [-0.2, -0.15) is 5.10 Å². The predicted octanol–water partition coefficient (Wildman–Crippen LogP) is 3.05. The Morgan fingerprint density at radius 1 is 1.62 bits per heavy atom. The molecule has 0 unspecified atom stereocenters. The standard InChI is InChI=1S/C10H9ClN2O2S/c1-2-7-5(3-8(16-7)10(14)15)6-4-12-13-9(6)11/h3-4H,2H2,1H3,(H,12,13)(H,14,15). The fraction of sp³-hybridized carbons (Fsp3) is 0.200. The van der Waals surface area contributed by atoms with Gasteiger partial charge in [0, 0.05) is 22.2 Å². The number of aromatic amines is 1. The summed E-state index contributed by atoms with van der Waals surface area (Å²) < 4.78 is 0. The van der Waals surface area contributed by atoms with Crippen molar-refractivity contribution in [3.05, 3.63) is 27.2 Å². The molecule has 2 rings (SSSR count). The number of hydrogen-bond donors (Lipinski definition) is 2. The average Bonchev–Trinajstić information content (AvgIpc) is 2.82. The summed E-state index contributed by atoms with van der Waals surface area (Å²) in [4.78, 5) is 12.2. The van der Waals surface area contributed by atoms with Gasteiger partial charge in [-0.15, -0.1) is 11.3 Å². The fourth-order valence-corrected chi connectivity index (χ4v) is 2.64. The highest BCUT2D eigenvalue weighted by Gasteiger charge is 2.16. The van der Waals surface area contributed by atoms with E-state index < -0.39 is 5.97 Å². The molecule has 0 saturated heterocycles. The summed E-state index contributed by atoms with van der Waals surface area (Å²) in [6.45, 7) is 1.98. The Kier molecular flexibility index (Phi) is 2.98. The molecule has 0 aliphatic rings. The normalized spacial score (nSPS) is 10.6. The molecule has 0 aromatic carbocycles. The zero-order valence-corrected chi connectivity index (χ0v) is 10.0. The first kappa shape index (κ1) is 11.2. The van der Waals surface area contributed by atoms with Crippen LogP contribution in [0.15, 0.2) is 12.3 Å². The van der Waals surface area contributed by atoms with Gasteiger partial charge < -0.3 is 5.11 Å². The highest BCUT2D eigenvalue weighted by Crippen LogP contribution is 2.34. The first-order valence-corrected chi connectivity index (χ1v) is 5.88. The van der Waals surface area contributed by atoms with Gasteiger partial charge in [-0.3, -0.25) is 5.10 Å². The highest BCUT2D eigenvalue weighted by molar-refractivity contribution is 7.14. The van der Waals surface area contributed by atoms with Crippen molar-refractivity contribution < 1.29 is 9.90 Å². The minimum absolute atomic E-state index is 0.323. The summed E-state index contributed by atoms with van der Waals surface area (Å²) in [6, 6.07) is 1.64. The summed E-state index contributed by atoms with van der Waals surface area (Å²) in [7, 11) is 0. The summed E-state index contributed by atoms with van der Waals surface area (Å²) >= 11 is 7.18. The molecule has 0 spiro atoms. The van der Waals surface area contributed by atoms with Crippen LogP contribution >= 0.6 is 22.9 Å². The third kappa shape index (κ3) is 1.83. The lowest BCUT2D eigenvalue weighted by Gasteiger charge is -1.97. The van der Waals surface area contributed by atoms with E-state index in [0.29, 0.717) is 10.0 Å². The van der Waals surface area contributed by atoms with Gasteiger partial charge in [0.25, 0.3) is 0 Å². The molecule has 0 aliphatic heterocycles. The maximum atomic E-state index is 10.9. The van der Waals surface area contributed by atoms with Crippen LogP contribution in [0.2, 0.25) is 5.15 Å². The zero-order valence-electron chi connectivity index (χ0n) is 8.45. The number of carbonyl (C=O) groups is 1. The van der Waals surface area contributed by atoms with Crippen molar-refractivity contribution in [2.24, 2.45) is 0 Å². The van der Waals surface area contributed by atoms with Crippen LogP contribution in [-0.2, 0) is 6.42 Å². The SMILES string of the molecule is CCc1sc(C(=O)O)cc1-c1c[nH]nc1Cl. The predicted molar refractivity (Wildman–Crippen MR) is 63.2 cm³/mol. The maximum Gasteiger partial charge on any atom is 0.345 e. The van der Waals surface area contributed by atoms with Crippen molar-refractivity contribution in [1.82, 2.24) is 10.2 Å². The number of carboxylic acids is 1. The van der Waals surface area contributed by atoms with Gasteiger partial charge in [-0.05, 0) is 12.5 Å². The number of aromatic nitrogens is 2. The lowest BCUT2D eigenvalue weighted by Crippen LogP contribution is -1.89. The molecule has 4 nitrogen and oxygen atoms in total. The Hall–Kier alpha value is -1.33. The molecule has 0 amide bonds. The van der Waals surface area contributed by atoms with Crippen LogP contribution in [0.5, 0.6) is 0 Å². The number of aromatic carboxylic acids is 1. The van der Waals surface area contributed by atoms with E-state index in [9.17, 15) is 4.79 Å². The number of halogens is 1. The van der Waals surface area contributed by atoms with Crippen LogP contribution in [0.1, 0.15) is 21.5 Å². The van der Waals surface area contributed by atoms with Crippen molar-refractivity contribution >= 4 is 28.9 Å². The van der Waals surface area contributed by atoms with Crippen LogP contribution in [0, 0.1) is 0 Å². The average molecular weight is 257 g/mol. The lowest BCUT2D eigenvalue weighted by atomic mass is 10.1. The van der Waals surface area contributed by atoms with Gasteiger partial charge in [-0.25, -0.2) is 4.79 Å². The third-order valence-electron chi connectivity index (χ3n) is 2.22. The molecule has 2 N–H and O–H groups in total. The van der Waals surface area contributed by atoms with E-state index in [-0.39, 0.29) is 0 Å². The summed E-state index contributed by atoms with van der Waals surface area (Å²) in [6.07, 6.45) is 2.45. The smallest absolute Gasteiger partial charge is 0.345 e. The van der Waals surface area contributed by atoms with Crippen LogP contribution in [-0.4, -0.2) is 21.3 Å². The van der Waals surface area contributed by atoms with E-state index >= 15 is 0 Å². The van der Waals surface area contributed by atoms with Crippen molar-refractivity contribution in [1.29, 1.82) is 0 Å². The molecule has 84 valence electrons. The minimum atomic E-state index is -0.912. The number of aryl methyl sites for hydroxylation is 1. The Morgan fingerprint density at radius 2 is 2.38 bits per heavy atom. The molecule has 0 fully saturated rings. The molecular formula is C10H9ClN2O2S. The van der Waals surface area contributed by atoms with Crippen molar-refractivity contribution in [3.63, 3.8) is 0 Å². The summed E-state index contributed by atoms with van der Waals surface area (Å²) in [5, 5.41) is 15.8.